The van der Waals surface area contributed by atoms with E-state index in [4.69, 9.17) is 39.5 Å². The maximum atomic E-state index is 6.05. The minimum absolute atomic E-state index is 0.447. The summed E-state index contributed by atoms with van der Waals surface area (Å²) >= 11 is 17.9. The Balaban J connectivity index is 1.66. The van der Waals surface area contributed by atoms with Gasteiger partial charge in [0.25, 0.3) is 0 Å². The van der Waals surface area contributed by atoms with E-state index in [1.165, 1.54) is 32.1 Å². The Morgan fingerprint density at radius 3 is 2.45 bits per heavy atom. The van der Waals surface area contributed by atoms with Crippen LogP contribution >= 0.6 is 34.8 Å². The lowest BCUT2D eigenvalue weighted by Gasteiger charge is -2.22. The van der Waals surface area contributed by atoms with E-state index in [1.807, 2.05) is 0 Å². The van der Waals surface area contributed by atoms with Crippen molar-refractivity contribution >= 4 is 34.8 Å². The normalized spacial score (nSPS) is 16.4. The lowest BCUT2D eigenvalue weighted by atomic mass is 9.95. The second kappa shape index (κ2) is 8.33. The summed E-state index contributed by atoms with van der Waals surface area (Å²) in [6.45, 7) is 1.60. The molecule has 0 atom stereocenters. The number of halogens is 3. The predicted octanol–water partition coefficient (Wildman–Crippen LogP) is 5.34. The first-order chi connectivity index (χ1) is 9.66. The molecule has 1 N–H and O–H groups in total. The number of ether oxygens (including phenoxy) is 1. The summed E-state index contributed by atoms with van der Waals surface area (Å²) in [6.07, 6.45) is 7.66. The van der Waals surface area contributed by atoms with Crippen LogP contribution in [0.25, 0.3) is 0 Å². The second-order valence-electron chi connectivity index (χ2n) is 5.19. The number of hydrogen-bond acceptors (Lipinski definition) is 2. The minimum Gasteiger partial charge on any atom is -0.492 e. The summed E-state index contributed by atoms with van der Waals surface area (Å²) in [4.78, 5) is 0. The van der Waals surface area contributed by atoms with Crippen LogP contribution in [0.2, 0.25) is 15.1 Å². The molecule has 0 heterocycles. The molecule has 1 fully saturated rings. The van der Waals surface area contributed by atoms with Crippen molar-refractivity contribution in [3.05, 3.63) is 27.2 Å². The summed E-state index contributed by atoms with van der Waals surface area (Å²) in [5.41, 5.74) is 0. The molecule has 0 radical (unpaired) electrons. The predicted molar refractivity (Wildman–Crippen MR) is 86.5 cm³/mol. The monoisotopic (exact) mass is 335 g/mol. The van der Waals surface area contributed by atoms with Gasteiger partial charge in [-0.05, 0) is 31.9 Å². The maximum absolute atomic E-state index is 6.05. The molecule has 1 aliphatic carbocycles. The second-order valence-corrected chi connectivity index (χ2v) is 6.41. The highest BCUT2D eigenvalue weighted by molar-refractivity contribution is 6.43. The van der Waals surface area contributed by atoms with E-state index < -0.39 is 0 Å². The van der Waals surface area contributed by atoms with Gasteiger partial charge < -0.3 is 10.1 Å². The average Bonchev–Trinajstić information content (AvgIpc) is 2.45. The van der Waals surface area contributed by atoms with E-state index in [-0.39, 0.29) is 0 Å². The third-order valence-electron chi connectivity index (χ3n) is 3.59. The molecule has 112 valence electrons. The molecule has 0 aromatic heterocycles. The molecule has 5 heteroatoms. The summed E-state index contributed by atoms with van der Waals surface area (Å²) in [5.74, 6) is 0.596. The molecular formula is C15H20Cl3NO. The third kappa shape index (κ3) is 5.00. The van der Waals surface area contributed by atoms with Crippen molar-refractivity contribution in [3.63, 3.8) is 0 Å². The maximum Gasteiger partial charge on any atom is 0.139 e. The van der Waals surface area contributed by atoms with Gasteiger partial charge in [-0.15, -0.1) is 0 Å². The van der Waals surface area contributed by atoms with Gasteiger partial charge in [0.1, 0.15) is 5.75 Å². The van der Waals surface area contributed by atoms with Crippen LogP contribution in [0.4, 0.5) is 0 Å². The van der Waals surface area contributed by atoms with Crippen molar-refractivity contribution in [2.45, 2.75) is 44.6 Å². The van der Waals surface area contributed by atoms with E-state index in [0.29, 0.717) is 33.5 Å². The lowest BCUT2D eigenvalue weighted by molar-refractivity contribution is 0.297. The highest BCUT2D eigenvalue weighted by Gasteiger charge is 2.12. The van der Waals surface area contributed by atoms with Crippen molar-refractivity contribution in [3.8, 4) is 5.75 Å². The average molecular weight is 337 g/mol. The Labute approximate surface area is 135 Å². The zero-order chi connectivity index (χ0) is 14.4. The highest BCUT2D eigenvalue weighted by atomic mass is 35.5. The van der Waals surface area contributed by atoms with Gasteiger partial charge in [-0.3, -0.25) is 0 Å². The van der Waals surface area contributed by atoms with Crippen LogP contribution < -0.4 is 10.1 Å². The molecular weight excluding hydrogens is 317 g/mol. The summed E-state index contributed by atoms with van der Waals surface area (Å²) < 4.78 is 5.65. The van der Waals surface area contributed by atoms with Gasteiger partial charge in [0.2, 0.25) is 0 Å². The standard InChI is InChI=1S/C15H20Cl3NO/c16-12-9-14(18)15(10-13(12)17)20-8-4-7-19-11-5-2-1-3-6-11/h9-11,19H,1-8H2. The Hall–Kier alpha value is -0.150. The minimum atomic E-state index is 0.447. The largest absolute Gasteiger partial charge is 0.492 e. The molecule has 0 aliphatic heterocycles. The quantitative estimate of drug-likeness (QED) is 0.559. The van der Waals surface area contributed by atoms with E-state index in [0.717, 1.165) is 13.0 Å². The molecule has 20 heavy (non-hydrogen) atoms. The highest BCUT2D eigenvalue weighted by Crippen LogP contribution is 2.33. The van der Waals surface area contributed by atoms with Crippen LogP contribution in [0.1, 0.15) is 38.5 Å². The molecule has 2 rings (SSSR count). The van der Waals surface area contributed by atoms with E-state index in [9.17, 15) is 0 Å². The number of nitrogens with one attached hydrogen (secondary N) is 1. The molecule has 0 amide bonds. The van der Waals surface area contributed by atoms with Gasteiger partial charge in [0.05, 0.1) is 21.7 Å². The molecule has 0 spiro atoms. The van der Waals surface area contributed by atoms with Crippen LogP contribution in [-0.4, -0.2) is 19.2 Å². The van der Waals surface area contributed by atoms with Gasteiger partial charge in [-0.1, -0.05) is 54.1 Å². The van der Waals surface area contributed by atoms with Crippen LogP contribution in [0.5, 0.6) is 5.75 Å². The number of benzene rings is 1. The molecule has 2 nitrogen and oxygen atoms in total. The molecule has 0 saturated heterocycles. The Bertz CT molecular complexity index is 433. The molecule has 0 unspecified atom stereocenters. The zero-order valence-electron chi connectivity index (χ0n) is 11.4. The van der Waals surface area contributed by atoms with E-state index >= 15 is 0 Å². The molecule has 1 aromatic rings. The van der Waals surface area contributed by atoms with Gasteiger partial charge in [-0.2, -0.15) is 0 Å². The Morgan fingerprint density at radius 1 is 1.00 bits per heavy atom. The Kier molecular flexibility index (Phi) is 6.76. The van der Waals surface area contributed by atoms with E-state index in [1.54, 1.807) is 12.1 Å². The third-order valence-corrected chi connectivity index (χ3v) is 4.61. The fourth-order valence-corrected chi connectivity index (χ4v) is 3.07. The molecule has 1 aromatic carbocycles. The lowest BCUT2D eigenvalue weighted by Crippen LogP contribution is -2.32. The van der Waals surface area contributed by atoms with Gasteiger partial charge in [0.15, 0.2) is 0 Å². The van der Waals surface area contributed by atoms with Crippen molar-refractivity contribution < 1.29 is 4.74 Å². The van der Waals surface area contributed by atoms with Crippen molar-refractivity contribution in [2.75, 3.05) is 13.2 Å². The Morgan fingerprint density at radius 2 is 1.70 bits per heavy atom. The van der Waals surface area contributed by atoms with E-state index in [2.05, 4.69) is 5.32 Å². The van der Waals surface area contributed by atoms with Crippen molar-refractivity contribution in [1.29, 1.82) is 0 Å². The topological polar surface area (TPSA) is 21.3 Å². The van der Waals surface area contributed by atoms with Gasteiger partial charge in [0, 0.05) is 12.1 Å². The SMILES string of the molecule is Clc1cc(Cl)c(OCCCNC2CCCCC2)cc1Cl. The van der Waals surface area contributed by atoms with Crippen LogP contribution in [0, 0.1) is 0 Å². The van der Waals surface area contributed by atoms with Crippen LogP contribution in [0.15, 0.2) is 12.1 Å². The summed E-state index contributed by atoms with van der Waals surface area (Å²) in [5, 5.41) is 4.99. The fraction of sp³-hybridized carbons (Fsp3) is 0.600. The number of rotatable bonds is 6. The molecule has 1 aliphatic rings. The summed E-state index contributed by atoms with van der Waals surface area (Å²) in [7, 11) is 0. The zero-order valence-corrected chi connectivity index (χ0v) is 13.7. The number of hydrogen-bond donors (Lipinski definition) is 1. The first kappa shape index (κ1) is 16.2. The smallest absolute Gasteiger partial charge is 0.139 e. The van der Waals surface area contributed by atoms with Crippen LogP contribution in [0.3, 0.4) is 0 Å². The van der Waals surface area contributed by atoms with Gasteiger partial charge in [-0.25, -0.2) is 0 Å². The summed E-state index contributed by atoms with van der Waals surface area (Å²) in [6, 6.07) is 3.97. The van der Waals surface area contributed by atoms with Crippen molar-refractivity contribution in [1.82, 2.24) is 5.32 Å². The van der Waals surface area contributed by atoms with Crippen LogP contribution in [-0.2, 0) is 0 Å². The van der Waals surface area contributed by atoms with Gasteiger partial charge >= 0.3 is 0 Å². The molecule has 0 bridgehead atoms. The first-order valence-corrected chi connectivity index (χ1v) is 8.31. The van der Waals surface area contributed by atoms with Crippen molar-refractivity contribution in [2.24, 2.45) is 0 Å². The molecule has 1 saturated carbocycles. The fourth-order valence-electron chi connectivity index (χ4n) is 2.48. The first-order valence-electron chi connectivity index (χ1n) is 7.17.